The number of benzene rings is 7. The van der Waals surface area contributed by atoms with Crippen LogP contribution in [0.5, 0.6) is 0 Å². The van der Waals surface area contributed by atoms with Crippen LogP contribution in [0.1, 0.15) is 272 Å². The van der Waals surface area contributed by atoms with Gasteiger partial charge in [0, 0.05) is 106 Å². The maximum absolute atomic E-state index is 12.5. The van der Waals surface area contributed by atoms with Crippen LogP contribution in [0.3, 0.4) is 0 Å². The number of nitriles is 7. The van der Waals surface area contributed by atoms with Crippen molar-refractivity contribution in [3.63, 3.8) is 0 Å². The average molecular weight is 2080 g/mol. The van der Waals surface area contributed by atoms with Crippen LogP contribution in [0.2, 0.25) is 0 Å². The molecule has 5 aliphatic carbocycles. The van der Waals surface area contributed by atoms with Gasteiger partial charge in [0.25, 0.3) is 34.0 Å². The number of allylic oxidation sites excluding steroid dienone is 23. The van der Waals surface area contributed by atoms with Gasteiger partial charge >= 0.3 is 0 Å². The number of sulfone groups is 1. The van der Waals surface area contributed by atoms with Gasteiger partial charge in [-0.15, -0.1) is 34.0 Å². The monoisotopic (exact) mass is 2080 g/mol. The molecule has 23 nitrogen and oxygen atoms in total. The first-order valence-electron chi connectivity index (χ1n) is 48.2. The molecular weight excluding hydrogens is 1970 g/mol. The van der Waals surface area contributed by atoms with E-state index in [1.54, 1.807) is 194 Å². The molecule has 0 spiro atoms. The van der Waals surface area contributed by atoms with Gasteiger partial charge in [0.1, 0.15) is 16.8 Å². The van der Waals surface area contributed by atoms with Crippen molar-refractivity contribution >= 4 is 177 Å². The highest BCUT2D eigenvalue weighted by Gasteiger charge is 2.41. The third-order valence-corrected chi connectivity index (χ3v) is 27.2. The summed E-state index contributed by atoms with van der Waals surface area (Å²) < 4.78 is 29.3. The number of nitrogens with zero attached hydrogens (tertiary/aromatic N) is 14. The quantitative estimate of drug-likeness (QED) is 0.0837. The van der Waals surface area contributed by atoms with Gasteiger partial charge in [0.15, 0.2) is 40.3 Å². The molecule has 0 radical (unpaired) electrons. The fraction of sp³-hybridized carbons (Fsp3) is 0.230. The molecular formula is C122H116N14O9S5. The number of carbonyl (C=O) groups is 6. The van der Waals surface area contributed by atoms with Crippen molar-refractivity contribution in [3.8, 4) is 42.5 Å². The van der Waals surface area contributed by atoms with Gasteiger partial charge in [-0.3, -0.25) is 28.8 Å². The van der Waals surface area contributed by atoms with E-state index in [1.807, 2.05) is 255 Å². The Morgan fingerprint density at radius 2 is 0.633 bits per heavy atom. The van der Waals surface area contributed by atoms with Crippen LogP contribution < -0.4 is 14.8 Å². The largest absolute Gasteiger partial charge is 0.308 e. The topological polar surface area (TPSA) is 351 Å². The second kappa shape index (κ2) is 63.4. The molecule has 28 heteroatoms. The number of thiazole rings is 1. The van der Waals surface area contributed by atoms with E-state index >= 15 is 0 Å². The maximum atomic E-state index is 12.5. The zero-order valence-corrected chi connectivity index (χ0v) is 93.5. The van der Waals surface area contributed by atoms with Gasteiger partial charge in [0.05, 0.1) is 84.1 Å². The van der Waals surface area contributed by atoms with E-state index in [-0.39, 0.29) is 95.4 Å². The molecule has 7 aromatic carbocycles. The number of rotatable bonds is 1. The minimum Gasteiger partial charge on any atom is -0.308 e. The van der Waals surface area contributed by atoms with Crippen LogP contribution in [-0.4, -0.2) is 47.7 Å². The van der Waals surface area contributed by atoms with Crippen molar-refractivity contribution in [1.29, 1.82) is 36.8 Å². The number of hydrogen-bond donors (Lipinski definition) is 0. The Kier molecular flexibility index (Phi) is 54.1. The van der Waals surface area contributed by atoms with Crippen LogP contribution in [0.4, 0.5) is 0 Å². The number of ketones is 6. The third-order valence-electron chi connectivity index (χ3n) is 21.3. The van der Waals surface area contributed by atoms with Crippen LogP contribution in [0, 0.1) is 119 Å². The minimum atomic E-state index is -3.63. The summed E-state index contributed by atoms with van der Waals surface area (Å²) >= 11 is 5.87. The smallest absolute Gasteiger partial charge is 0.270 e. The maximum Gasteiger partial charge on any atom is 0.270 e. The molecule has 0 bridgehead atoms. The summed E-state index contributed by atoms with van der Waals surface area (Å²) in [4.78, 5) is 105. The predicted molar refractivity (Wildman–Crippen MR) is 614 cm³/mol. The van der Waals surface area contributed by atoms with Crippen molar-refractivity contribution in [2.45, 2.75) is 192 Å². The van der Waals surface area contributed by atoms with Crippen LogP contribution in [-0.2, 0) is 21.7 Å². The van der Waals surface area contributed by atoms with Gasteiger partial charge < -0.3 is 9.36 Å². The molecule has 0 saturated heterocycles. The number of carbonyl (C=O) groups excluding carboxylic acids is 6. The predicted octanol–water partition coefficient (Wildman–Crippen LogP) is 31.4. The first-order valence-corrected chi connectivity index (χ1v) is 53.2. The van der Waals surface area contributed by atoms with Crippen molar-refractivity contribution < 1.29 is 37.2 Å². The standard InChI is InChI=1S/C18H10N2O.3C16H8N2OS.C15H11NO2.C14H10N2O2S.C9H7N3OS.9C2H6/c1-3-13-17(16(10-19)20-2)14-8-11-6-4-5-7-12(11)9-15(14)18(13)21;1-3-11-15(14(6-17)18-2)12-4-9-7-20-8-10(9)5-13(12)16(11)19;1-3-10-15(13(8-17)18-2)11-7-14-9(4-5-20-14)6-12(11)16(10)19;1-3-10-15(13(8-17)18-2)11-6-9-4-5-20-14(9)7-12(11)16(10)19;1-4-10-13(14(16-3)9(2)17)11-7-5-6-8-12(11)15(10)18;1-9(2)14-13(11(8-15)16-3)10-6-4-5-7-12(10)19(14,17)18;1-3-7-8(13)12(2)9(14-7)6(4-10)5-11;9*1-2/h3-9H,1H3;3-5,7-8H,1H3;2*3-7H,1H3;4-8H,1-2H3;4-7H,1-2H3;3H,1-2H3;9*1-2H3/b13-3-,17-16?;11-3-,15-14?;2*10-3-,15-13?;10-4-,14-13?;13-11-;7-3-;;;;;;;;;. The molecule has 0 fully saturated rings. The molecule has 150 heavy (non-hydrogen) atoms. The molecule has 17 rings (SSSR count). The van der Waals surface area contributed by atoms with E-state index in [0.29, 0.717) is 132 Å². The van der Waals surface area contributed by atoms with E-state index in [9.17, 15) is 42.0 Å². The second-order valence-corrected chi connectivity index (χ2v) is 34.1. The molecule has 0 N–H and O–H groups in total. The van der Waals surface area contributed by atoms with Gasteiger partial charge in [-0.1, -0.05) is 233 Å². The highest BCUT2D eigenvalue weighted by Crippen LogP contribution is 2.49. The summed E-state index contributed by atoms with van der Waals surface area (Å²) in [5.74, 6) is -0.882. The van der Waals surface area contributed by atoms with Crippen LogP contribution in [0.25, 0.3) is 116 Å². The van der Waals surface area contributed by atoms with E-state index in [0.717, 1.165) is 53.1 Å². The zero-order chi connectivity index (χ0) is 114. The van der Waals surface area contributed by atoms with Crippen molar-refractivity contribution in [2.24, 2.45) is 7.05 Å². The lowest BCUT2D eigenvalue weighted by atomic mass is 9.99. The highest BCUT2D eigenvalue weighted by molar-refractivity contribution is 7.96. The lowest BCUT2D eigenvalue weighted by Crippen LogP contribution is -2.29. The van der Waals surface area contributed by atoms with Gasteiger partial charge in [0.2, 0.25) is 15.5 Å². The van der Waals surface area contributed by atoms with Crippen molar-refractivity contribution in [3.05, 3.63) is 407 Å². The van der Waals surface area contributed by atoms with Gasteiger partial charge in [-0.25, -0.2) is 63.8 Å². The van der Waals surface area contributed by atoms with Crippen LogP contribution >= 0.6 is 45.3 Å². The molecule has 0 amide bonds. The first kappa shape index (κ1) is 128. The third kappa shape index (κ3) is 27.0. The van der Waals surface area contributed by atoms with Crippen molar-refractivity contribution in [1.82, 2.24) is 4.57 Å². The number of Topliss-reactive ketones (excluding diaryl/α,β-unsaturated/α-hetero) is 6. The Labute approximate surface area is 897 Å². The summed E-state index contributed by atoms with van der Waals surface area (Å²) in [6.45, 7) is 93.9. The molecule has 11 aromatic rings. The Hall–Kier alpha value is -17.9. The molecule has 5 heterocycles. The first-order chi connectivity index (χ1) is 72.5. The number of aromatic nitrogens is 1. The Morgan fingerprint density at radius 1 is 0.340 bits per heavy atom. The molecule has 0 saturated carbocycles. The number of fused-ring (bicyclic) bond motifs is 10. The Morgan fingerprint density at radius 3 is 0.967 bits per heavy atom. The fourth-order valence-electron chi connectivity index (χ4n) is 15.4. The summed E-state index contributed by atoms with van der Waals surface area (Å²) in [7, 11) is -2.08. The molecule has 758 valence electrons. The lowest BCUT2D eigenvalue weighted by Gasteiger charge is -2.04. The number of thiophene rings is 3. The summed E-state index contributed by atoms with van der Waals surface area (Å²) in [6.07, 6.45) is 10.0. The molecule has 0 unspecified atom stereocenters. The highest BCUT2D eigenvalue weighted by atomic mass is 32.2. The Balaban J connectivity index is 0.000000577. The second-order valence-electron chi connectivity index (χ2n) is 28.5. The molecule has 6 aliphatic rings. The summed E-state index contributed by atoms with van der Waals surface area (Å²) in [6, 6.07) is 53.1. The zero-order valence-electron chi connectivity index (χ0n) is 89.5. The normalized spacial score (nSPS) is 15.5. The summed E-state index contributed by atoms with van der Waals surface area (Å²) in [5.41, 5.74) is 11.6. The average Bonchev–Trinajstić information content (AvgIpc) is 1.24. The molecule has 0 atom stereocenters. The van der Waals surface area contributed by atoms with E-state index in [4.69, 9.17) is 76.3 Å². The molecule has 1 aliphatic heterocycles. The van der Waals surface area contributed by atoms with E-state index in [1.165, 1.54) is 17.6 Å². The SMILES string of the molecule is C/C=c1\sc(=C(C#N)C#N)n(C)c1=O.CC.CC.CC.CC.CC.CC.CC.CC.CC.[C-]#[N+]/C(C#N)=C1\C(=C(C)C)S(=O)(=O)c2ccccc21.[C-]#[N+]C(C#N)=C1/C(=C/C)C(=O)c2cc3ccccc3cc21.[C-]#[N+]C(C#N)=C1/C(=C/C)C(=O)c2cc3ccsc3cc21.[C-]#[N+]C(C#N)=C1/C(=C/C)C(=O)c2cc3cscc3cc21.[C-]#[N+]C(C#N)=C1/C(=C/C)C(=O)c2cc3sccc3cc21.[C-]#[N+]C(C(C)=O)=C1/C(=C/C)C(=O)c2ccccc21. The van der Waals surface area contributed by atoms with Crippen LogP contribution in [0.15, 0.2) is 268 Å². The van der Waals surface area contributed by atoms with E-state index < -0.39 is 9.84 Å². The van der Waals surface area contributed by atoms with E-state index in [2.05, 4.69) is 29.1 Å². The molecule has 4 aromatic heterocycles. The Bertz CT molecular complexity index is 8020. The lowest BCUT2D eigenvalue weighted by molar-refractivity contribution is -0.113. The van der Waals surface area contributed by atoms with Crippen molar-refractivity contribution in [2.75, 3.05) is 0 Å². The summed E-state index contributed by atoms with van der Waals surface area (Å²) in [5, 5.41) is 76.8. The van der Waals surface area contributed by atoms with Gasteiger partial charge in [-0.05, 0) is 216 Å². The fourth-order valence-corrected chi connectivity index (χ4v) is 20.7. The number of hydrogen-bond acceptors (Lipinski definition) is 20. The minimum absolute atomic E-state index is 0.0253. The van der Waals surface area contributed by atoms with Gasteiger partial charge in [-0.2, -0.15) is 21.9 Å².